The van der Waals surface area contributed by atoms with Crippen molar-refractivity contribution in [1.82, 2.24) is 9.55 Å². The fourth-order valence-electron chi connectivity index (χ4n) is 3.16. The summed E-state index contributed by atoms with van der Waals surface area (Å²) in [6.07, 6.45) is 0.701. The predicted octanol–water partition coefficient (Wildman–Crippen LogP) is 4.75. The van der Waals surface area contributed by atoms with E-state index in [0.717, 1.165) is 4.70 Å². The maximum atomic E-state index is 13.4. The van der Waals surface area contributed by atoms with Gasteiger partial charge in [0.15, 0.2) is 0 Å². The molecule has 2 heterocycles. The standard InChI is InChI=1S/C21H17FN2O2S/c1-3-12(2)24-19(13-8-10-14(22)11-9-13)23-20-17(21(24)26)18(25)15-6-4-5-7-16(15)27-20/h4-12H,3H2,1-2H3/t12-/m0/s1. The topological polar surface area (TPSA) is 52.0 Å². The number of halogens is 1. The van der Waals surface area contributed by atoms with Gasteiger partial charge in [0.2, 0.25) is 5.43 Å². The van der Waals surface area contributed by atoms with Crippen LogP contribution < -0.4 is 11.0 Å². The van der Waals surface area contributed by atoms with Crippen molar-refractivity contribution >= 4 is 31.6 Å². The van der Waals surface area contributed by atoms with Crippen LogP contribution in [0.2, 0.25) is 0 Å². The summed E-state index contributed by atoms with van der Waals surface area (Å²) >= 11 is 1.32. The molecule has 0 fully saturated rings. The average molecular weight is 380 g/mol. The lowest BCUT2D eigenvalue weighted by molar-refractivity contribution is 0.517. The van der Waals surface area contributed by atoms with E-state index in [2.05, 4.69) is 4.98 Å². The number of hydrogen-bond donors (Lipinski definition) is 0. The van der Waals surface area contributed by atoms with Gasteiger partial charge in [0.1, 0.15) is 21.9 Å². The lowest BCUT2D eigenvalue weighted by Crippen LogP contribution is -2.29. The fraction of sp³-hybridized carbons (Fsp3) is 0.190. The first-order chi connectivity index (χ1) is 13.0. The van der Waals surface area contributed by atoms with Gasteiger partial charge in [-0.15, -0.1) is 11.3 Å². The van der Waals surface area contributed by atoms with Crippen LogP contribution in [-0.2, 0) is 0 Å². The zero-order valence-electron chi connectivity index (χ0n) is 14.9. The number of fused-ring (bicyclic) bond motifs is 2. The molecule has 27 heavy (non-hydrogen) atoms. The summed E-state index contributed by atoms with van der Waals surface area (Å²) in [7, 11) is 0. The number of benzene rings is 2. The summed E-state index contributed by atoms with van der Waals surface area (Å²) in [5.74, 6) is 0.0976. The molecule has 0 unspecified atom stereocenters. The van der Waals surface area contributed by atoms with Gasteiger partial charge in [-0.1, -0.05) is 19.1 Å². The molecule has 0 spiro atoms. The van der Waals surface area contributed by atoms with E-state index in [9.17, 15) is 14.0 Å². The highest BCUT2D eigenvalue weighted by molar-refractivity contribution is 7.24. The molecule has 2 aromatic carbocycles. The van der Waals surface area contributed by atoms with Crippen LogP contribution in [0.4, 0.5) is 4.39 Å². The third-order valence-corrected chi connectivity index (χ3v) is 5.85. The highest BCUT2D eigenvalue weighted by atomic mass is 32.1. The molecule has 4 aromatic rings. The van der Waals surface area contributed by atoms with Gasteiger partial charge in [0.05, 0.1) is 0 Å². The minimum absolute atomic E-state index is 0.116. The second-order valence-electron chi connectivity index (χ2n) is 6.48. The molecule has 0 radical (unpaired) electrons. The van der Waals surface area contributed by atoms with E-state index >= 15 is 0 Å². The average Bonchev–Trinajstić information content (AvgIpc) is 2.68. The van der Waals surface area contributed by atoms with Gasteiger partial charge in [0, 0.05) is 21.7 Å². The maximum Gasteiger partial charge on any atom is 0.266 e. The Hall–Kier alpha value is -2.86. The number of hydrogen-bond acceptors (Lipinski definition) is 4. The number of nitrogens with zero attached hydrogens (tertiary/aromatic N) is 2. The second kappa shape index (κ2) is 6.70. The fourth-order valence-corrected chi connectivity index (χ4v) is 4.20. The van der Waals surface area contributed by atoms with E-state index in [1.54, 1.807) is 28.8 Å². The van der Waals surface area contributed by atoms with Gasteiger partial charge in [-0.2, -0.15) is 0 Å². The highest BCUT2D eigenvalue weighted by Crippen LogP contribution is 2.26. The first-order valence-electron chi connectivity index (χ1n) is 8.75. The van der Waals surface area contributed by atoms with Crippen molar-refractivity contribution in [1.29, 1.82) is 0 Å². The normalized spacial score (nSPS) is 12.6. The zero-order valence-corrected chi connectivity index (χ0v) is 15.7. The predicted molar refractivity (Wildman–Crippen MR) is 108 cm³/mol. The Bertz CT molecular complexity index is 1280. The van der Waals surface area contributed by atoms with Crippen LogP contribution in [0, 0.1) is 5.82 Å². The van der Waals surface area contributed by atoms with Crippen molar-refractivity contribution in [3.05, 3.63) is 74.9 Å². The van der Waals surface area contributed by atoms with Crippen LogP contribution in [0.25, 0.3) is 31.7 Å². The SMILES string of the molecule is CC[C@H](C)n1c(-c2ccc(F)cc2)nc2sc3ccccc3c(=O)c2c1=O. The van der Waals surface area contributed by atoms with Gasteiger partial charge in [0.25, 0.3) is 5.56 Å². The molecule has 1 atom stereocenters. The van der Waals surface area contributed by atoms with Crippen LogP contribution in [0.5, 0.6) is 0 Å². The van der Waals surface area contributed by atoms with Crippen molar-refractivity contribution in [2.24, 2.45) is 0 Å². The summed E-state index contributed by atoms with van der Waals surface area (Å²) in [5.41, 5.74) is 0.00347. The Balaban J connectivity index is 2.17. The van der Waals surface area contributed by atoms with Crippen molar-refractivity contribution in [2.45, 2.75) is 26.3 Å². The number of rotatable bonds is 3. The Kier molecular flexibility index (Phi) is 4.36. The molecule has 0 N–H and O–H groups in total. The lowest BCUT2D eigenvalue weighted by atomic mass is 10.1. The summed E-state index contributed by atoms with van der Waals surface area (Å²) in [5, 5.41) is 0.643. The Morgan fingerprint density at radius 3 is 2.52 bits per heavy atom. The summed E-state index contributed by atoms with van der Waals surface area (Å²) in [6, 6.07) is 13.0. The Morgan fingerprint density at radius 1 is 1.11 bits per heavy atom. The van der Waals surface area contributed by atoms with Crippen molar-refractivity contribution in [3.8, 4) is 11.4 Å². The third kappa shape index (κ3) is 2.86. The van der Waals surface area contributed by atoms with Gasteiger partial charge < -0.3 is 0 Å². The van der Waals surface area contributed by atoms with Crippen LogP contribution >= 0.6 is 11.3 Å². The van der Waals surface area contributed by atoms with Crippen LogP contribution in [0.1, 0.15) is 26.3 Å². The van der Waals surface area contributed by atoms with Crippen molar-refractivity contribution in [2.75, 3.05) is 0 Å². The first kappa shape index (κ1) is 17.5. The smallest absolute Gasteiger partial charge is 0.266 e. The molecule has 2 aromatic heterocycles. The summed E-state index contributed by atoms with van der Waals surface area (Å²) in [6.45, 7) is 3.88. The summed E-state index contributed by atoms with van der Waals surface area (Å²) < 4.78 is 15.7. The zero-order chi connectivity index (χ0) is 19.1. The Labute approximate surface area is 158 Å². The van der Waals surface area contributed by atoms with Gasteiger partial charge >= 0.3 is 0 Å². The second-order valence-corrected chi connectivity index (χ2v) is 7.51. The molecule has 0 bridgehead atoms. The first-order valence-corrected chi connectivity index (χ1v) is 9.57. The molecule has 0 amide bonds. The van der Waals surface area contributed by atoms with Crippen molar-refractivity contribution < 1.29 is 4.39 Å². The van der Waals surface area contributed by atoms with E-state index in [-0.39, 0.29) is 28.2 Å². The number of aromatic nitrogens is 2. The molecular formula is C21H17FN2O2S. The van der Waals surface area contributed by atoms with E-state index in [0.29, 0.717) is 28.0 Å². The van der Waals surface area contributed by atoms with Crippen LogP contribution in [-0.4, -0.2) is 9.55 Å². The van der Waals surface area contributed by atoms with E-state index < -0.39 is 0 Å². The maximum absolute atomic E-state index is 13.4. The lowest BCUT2D eigenvalue weighted by Gasteiger charge is -2.18. The molecule has 0 aliphatic rings. The van der Waals surface area contributed by atoms with Crippen molar-refractivity contribution in [3.63, 3.8) is 0 Å². The van der Waals surface area contributed by atoms with Gasteiger partial charge in [-0.3, -0.25) is 14.2 Å². The molecule has 4 nitrogen and oxygen atoms in total. The Morgan fingerprint density at radius 2 is 1.81 bits per heavy atom. The molecule has 0 saturated heterocycles. The van der Waals surface area contributed by atoms with Crippen LogP contribution in [0.15, 0.2) is 58.1 Å². The molecule has 0 aliphatic heterocycles. The molecule has 0 saturated carbocycles. The molecule has 136 valence electrons. The van der Waals surface area contributed by atoms with Gasteiger partial charge in [-0.05, 0) is 49.7 Å². The largest absolute Gasteiger partial charge is 0.289 e. The quantitative estimate of drug-likeness (QED) is 0.482. The minimum Gasteiger partial charge on any atom is -0.289 e. The van der Waals surface area contributed by atoms with Gasteiger partial charge in [-0.25, -0.2) is 9.37 Å². The molecule has 0 aliphatic carbocycles. The summed E-state index contributed by atoms with van der Waals surface area (Å²) in [4.78, 5) is 31.4. The third-order valence-electron chi connectivity index (χ3n) is 4.78. The molecule has 6 heteroatoms. The van der Waals surface area contributed by atoms with Crippen LogP contribution in [0.3, 0.4) is 0 Å². The molecule has 4 rings (SSSR count). The minimum atomic E-state index is -0.354. The van der Waals surface area contributed by atoms with E-state index in [4.69, 9.17) is 0 Å². The van der Waals surface area contributed by atoms with E-state index in [1.165, 1.54) is 23.5 Å². The van der Waals surface area contributed by atoms with E-state index in [1.807, 2.05) is 26.0 Å². The highest BCUT2D eigenvalue weighted by Gasteiger charge is 2.20. The molecular weight excluding hydrogens is 363 g/mol. The monoisotopic (exact) mass is 380 g/mol.